The molecule has 27 heavy (non-hydrogen) atoms. The average Bonchev–Trinajstić information content (AvgIpc) is 3.16. The molecule has 1 atom stereocenters. The Balaban J connectivity index is 1.79. The molecule has 1 N–H and O–H groups in total. The fourth-order valence-electron chi connectivity index (χ4n) is 3.18. The Morgan fingerprint density at radius 1 is 1.22 bits per heavy atom. The van der Waals surface area contributed by atoms with Crippen molar-refractivity contribution in [2.75, 3.05) is 5.32 Å². The molecule has 0 unspecified atom stereocenters. The molecule has 2 heterocycles. The van der Waals surface area contributed by atoms with Crippen LogP contribution in [0.15, 0.2) is 48.5 Å². The molecule has 0 spiro atoms. The monoisotopic (exact) mass is 362 g/mol. The van der Waals surface area contributed by atoms with Crippen LogP contribution in [0.3, 0.4) is 0 Å². The van der Waals surface area contributed by atoms with E-state index in [1.54, 1.807) is 23.7 Å². The van der Waals surface area contributed by atoms with Crippen LogP contribution >= 0.6 is 0 Å². The van der Waals surface area contributed by atoms with E-state index in [4.69, 9.17) is 0 Å². The van der Waals surface area contributed by atoms with E-state index in [0.717, 1.165) is 23.2 Å². The summed E-state index contributed by atoms with van der Waals surface area (Å²) in [5.74, 6) is 0.500. The van der Waals surface area contributed by atoms with E-state index in [1.807, 2.05) is 12.1 Å². The van der Waals surface area contributed by atoms with Crippen molar-refractivity contribution in [3.8, 4) is 0 Å². The molecule has 136 valence electrons. The Morgan fingerprint density at radius 3 is 2.70 bits per heavy atom. The lowest BCUT2D eigenvalue weighted by molar-refractivity contribution is -0.385. The highest BCUT2D eigenvalue weighted by Crippen LogP contribution is 2.33. The maximum Gasteiger partial charge on any atom is 0.272 e. The number of hydrogen-bond acceptors (Lipinski definition) is 6. The van der Waals surface area contributed by atoms with Crippen LogP contribution < -0.4 is 5.32 Å². The number of anilines is 1. The summed E-state index contributed by atoms with van der Waals surface area (Å²) < 4.78 is 1.70. The lowest BCUT2D eigenvalue weighted by atomic mass is 9.99. The van der Waals surface area contributed by atoms with Crippen molar-refractivity contribution in [2.24, 2.45) is 0 Å². The predicted octanol–water partition coefficient (Wildman–Crippen LogP) is 3.51. The van der Waals surface area contributed by atoms with E-state index in [0.29, 0.717) is 11.5 Å². The highest BCUT2D eigenvalue weighted by atomic mass is 16.6. The maximum absolute atomic E-state index is 11.3. The fourth-order valence-corrected chi connectivity index (χ4v) is 3.18. The molecular weight excluding hydrogens is 344 g/mol. The molecule has 0 fully saturated rings. The number of hydrogen-bond donors (Lipinski definition) is 1. The van der Waals surface area contributed by atoms with E-state index in [2.05, 4.69) is 52.0 Å². The van der Waals surface area contributed by atoms with Gasteiger partial charge in [0.05, 0.1) is 4.92 Å². The average molecular weight is 362 g/mol. The summed E-state index contributed by atoms with van der Waals surface area (Å²) in [6.07, 6.45) is 2.95. The van der Waals surface area contributed by atoms with E-state index in [1.165, 1.54) is 5.56 Å². The summed E-state index contributed by atoms with van der Waals surface area (Å²) in [4.78, 5) is 10.9. The molecule has 0 bridgehead atoms. The van der Waals surface area contributed by atoms with Crippen LogP contribution in [0.25, 0.3) is 5.70 Å². The van der Waals surface area contributed by atoms with Gasteiger partial charge in [-0.2, -0.15) is 4.68 Å². The van der Waals surface area contributed by atoms with Crippen LogP contribution in [0, 0.1) is 17.0 Å². The lowest BCUT2D eigenvalue weighted by Gasteiger charge is -2.23. The molecule has 1 aliphatic heterocycles. The van der Waals surface area contributed by atoms with Crippen molar-refractivity contribution in [1.82, 2.24) is 20.2 Å². The topological polar surface area (TPSA) is 98.8 Å². The standard InChI is InChI=1S/C19H18N6O2/c1-3-13-5-8-14(9-6-13)18-11-16(20-19-21-22-23-24(18)19)15-7-4-12(2)17(10-15)25(26)27/h4-11,18H,3H2,1-2H3,(H,20,21,23)/t18-/m0/s1. The van der Waals surface area contributed by atoms with Gasteiger partial charge in [-0.3, -0.25) is 10.1 Å². The van der Waals surface area contributed by atoms with Gasteiger partial charge in [-0.15, -0.1) is 0 Å². The largest absolute Gasteiger partial charge is 0.323 e. The van der Waals surface area contributed by atoms with Gasteiger partial charge in [0, 0.05) is 22.9 Å². The van der Waals surface area contributed by atoms with Crippen LogP contribution in [-0.2, 0) is 6.42 Å². The fraction of sp³-hybridized carbons (Fsp3) is 0.211. The van der Waals surface area contributed by atoms with Gasteiger partial charge in [0.1, 0.15) is 6.04 Å². The van der Waals surface area contributed by atoms with Crippen molar-refractivity contribution in [1.29, 1.82) is 0 Å². The SMILES string of the molecule is CCc1ccc([C@@H]2C=C(c3ccc(C)c([N+](=O)[O-])c3)Nc3nnnn32)cc1. The Hall–Kier alpha value is -3.55. The number of benzene rings is 2. The zero-order valence-corrected chi connectivity index (χ0v) is 15.0. The third-order valence-corrected chi connectivity index (χ3v) is 4.77. The van der Waals surface area contributed by atoms with E-state index < -0.39 is 0 Å². The van der Waals surface area contributed by atoms with Gasteiger partial charge >= 0.3 is 0 Å². The molecule has 1 aromatic heterocycles. The van der Waals surface area contributed by atoms with E-state index >= 15 is 0 Å². The van der Waals surface area contributed by atoms with Gasteiger partial charge in [-0.05, 0) is 41.0 Å². The molecule has 8 nitrogen and oxygen atoms in total. The summed E-state index contributed by atoms with van der Waals surface area (Å²) in [6.45, 7) is 3.84. The van der Waals surface area contributed by atoms with Gasteiger partial charge in [-0.1, -0.05) is 48.4 Å². The number of aryl methyl sites for hydroxylation is 2. The minimum atomic E-state index is -0.368. The molecular formula is C19H18N6O2. The summed E-state index contributed by atoms with van der Waals surface area (Å²) in [6, 6.07) is 13.3. The second-order valence-corrected chi connectivity index (χ2v) is 6.45. The maximum atomic E-state index is 11.3. The first-order chi connectivity index (χ1) is 13.1. The van der Waals surface area contributed by atoms with E-state index in [9.17, 15) is 10.1 Å². The summed E-state index contributed by atoms with van der Waals surface area (Å²) in [7, 11) is 0. The lowest BCUT2D eigenvalue weighted by Crippen LogP contribution is -2.20. The minimum Gasteiger partial charge on any atom is -0.323 e. The van der Waals surface area contributed by atoms with E-state index in [-0.39, 0.29) is 16.7 Å². The second-order valence-electron chi connectivity index (χ2n) is 6.45. The van der Waals surface area contributed by atoms with Gasteiger partial charge in [0.25, 0.3) is 5.69 Å². The third-order valence-electron chi connectivity index (χ3n) is 4.77. The van der Waals surface area contributed by atoms with Crippen LogP contribution in [0.1, 0.15) is 35.2 Å². The first kappa shape index (κ1) is 16.9. The van der Waals surface area contributed by atoms with Crippen molar-refractivity contribution in [3.63, 3.8) is 0 Å². The number of rotatable bonds is 4. The van der Waals surface area contributed by atoms with Gasteiger partial charge in [0.2, 0.25) is 5.95 Å². The summed E-state index contributed by atoms with van der Waals surface area (Å²) in [5.41, 5.74) is 4.46. The molecule has 0 saturated carbocycles. The summed E-state index contributed by atoms with van der Waals surface area (Å²) in [5, 5.41) is 26.3. The number of fused-ring (bicyclic) bond motifs is 1. The van der Waals surface area contributed by atoms with Crippen LogP contribution in [-0.4, -0.2) is 25.1 Å². The highest BCUT2D eigenvalue weighted by Gasteiger charge is 2.25. The van der Waals surface area contributed by atoms with Crippen LogP contribution in [0.4, 0.5) is 11.6 Å². The summed E-state index contributed by atoms with van der Waals surface area (Å²) >= 11 is 0. The molecule has 0 radical (unpaired) electrons. The number of nitrogens with zero attached hydrogens (tertiary/aromatic N) is 5. The van der Waals surface area contributed by atoms with Crippen LogP contribution in [0.2, 0.25) is 0 Å². The normalized spacial score (nSPS) is 15.6. The Morgan fingerprint density at radius 2 is 2.00 bits per heavy atom. The highest BCUT2D eigenvalue weighted by molar-refractivity contribution is 5.78. The van der Waals surface area contributed by atoms with Crippen molar-refractivity contribution in [2.45, 2.75) is 26.3 Å². The molecule has 3 aromatic rings. The molecule has 4 rings (SSSR count). The zero-order valence-electron chi connectivity index (χ0n) is 15.0. The molecule has 1 aliphatic rings. The van der Waals surface area contributed by atoms with Gasteiger partial charge < -0.3 is 5.32 Å². The van der Waals surface area contributed by atoms with Crippen molar-refractivity contribution >= 4 is 17.3 Å². The minimum absolute atomic E-state index is 0.0872. The molecule has 8 heteroatoms. The van der Waals surface area contributed by atoms with Crippen molar-refractivity contribution < 1.29 is 4.92 Å². The zero-order chi connectivity index (χ0) is 19.0. The Kier molecular flexibility index (Phi) is 4.15. The molecule has 0 aliphatic carbocycles. The first-order valence-electron chi connectivity index (χ1n) is 8.67. The van der Waals surface area contributed by atoms with Crippen LogP contribution in [0.5, 0.6) is 0 Å². The second kappa shape index (κ2) is 6.64. The smallest absolute Gasteiger partial charge is 0.272 e. The third kappa shape index (κ3) is 3.05. The number of nitro groups is 1. The van der Waals surface area contributed by atoms with Gasteiger partial charge in [-0.25, -0.2) is 0 Å². The van der Waals surface area contributed by atoms with Crippen molar-refractivity contribution in [3.05, 3.63) is 80.9 Å². The molecule has 0 saturated heterocycles. The number of nitro benzene ring substituents is 1. The molecule has 2 aromatic carbocycles. The Labute approximate surface area is 155 Å². The number of nitrogens with one attached hydrogen (secondary N) is 1. The molecule has 0 amide bonds. The van der Waals surface area contributed by atoms with Gasteiger partial charge in [0.15, 0.2) is 0 Å². The number of allylic oxidation sites excluding steroid dienone is 1. The number of tetrazole rings is 1. The predicted molar refractivity (Wildman–Crippen MR) is 101 cm³/mol. The Bertz CT molecular complexity index is 1040. The number of aromatic nitrogens is 4. The quantitative estimate of drug-likeness (QED) is 0.563. The first-order valence-corrected chi connectivity index (χ1v) is 8.67.